The number of nitrogens with zero attached hydrogens (tertiary/aromatic N) is 1. The van der Waals surface area contributed by atoms with E-state index in [1.807, 2.05) is 0 Å². The van der Waals surface area contributed by atoms with Gasteiger partial charge in [0.05, 0.1) is 70.4 Å². The van der Waals surface area contributed by atoms with E-state index in [0.717, 1.165) is 4.90 Å². The molecule has 3 rings (SSSR count). The van der Waals surface area contributed by atoms with Crippen LogP contribution in [0.25, 0.3) is 0 Å². The van der Waals surface area contributed by atoms with Crippen molar-refractivity contribution in [3.63, 3.8) is 0 Å². The normalized spacial score (nSPS) is 16.8. The number of rotatable bonds is 17. The van der Waals surface area contributed by atoms with Crippen molar-refractivity contribution < 1.29 is 52.8 Å². The van der Waals surface area contributed by atoms with Crippen LogP contribution in [0.15, 0.2) is 18.2 Å². The zero-order chi connectivity index (χ0) is 28.2. The van der Waals surface area contributed by atoms with Gasteiger partial charge in [0.25, 0.3) is 17.7 Å². The van der Waals surface area contributed by atoms with E-state index in [9.17, 15) is 28.8 Å². The zero-order valence-corrected chi connectivity index (χ0v) is 21.3. The van der Waals surface area contributed by atoms with E-state index < -0.39 is 41.5 Å². The van der Waals surface area contributed by atoms with Crippen LogP contribution in [0.1, 0.15) is 50.3 Å². The molecule has 0 bridgehead atoms. The molecule has 14 heteroatoms. The summed E-state index contributed by atoms with van der Waals surface area (Å²) in [7, 11) is 0. The summed E-state index contributed by atoms with van der Waals surface area (Å²) < 4.78 is 21.1. The number of nitrogens with one attached hydrogen (secondary N) is 2. The van der Waals surface area contributed by atoms with E-state index in [1.54, 1.807) is 0 Å². The van der Waals surface area contributed by atoms with Gasteiger partial charge in [-0.05, 0) is 24.6 Å². The first-order chi connectivity index (χ1) is 18.8. The maximum Gasteiger partial charge on any atom is 0.305 e. The van der Waals surface area contributed by atoms with Gasteiger partial charge in [-0.2, -0.15) is 0 Å². The summed E-state index contributed by atoms with van der Waals surface area (Å²) in [6.07, 6.45) is 0.0288. The molecule has 0 radical (unpaired) electrons. The van der Waals surface area contributed by atoms with Crippen molar-refractivity contribution in [1.82, 2.24) is 15.5 Å². The summed E-state index contributed by atoms with van der Waals surface area (Å²) >= 11 is 0. The van der Waals surface area contributed by atoms with Crippen molar-refractivity contribution in [3.05, 3.63) is 34.9 Å². The van der Waals surface area contributed by atoms with Gasteiger partial charge in [0.2, 0.25) is 11.8 Å². The summed E-state index contributed by atoms with van der Waals surface area (Å²) in [5, 5.41) is 13.3. The molecule has 0 spiro atoms. The molecule has 1 fully saturated rings. The first-order valence-electron chi connectivity index (χ1n) is 12.5. The van der Waals surface area contributed by atoms with E-state index in [4.69, 9.17) is 24.1 Å². The second-order valence-corrected chi connectivity index (χ2v) is 8.56. The lowest BCUT2D eigenvalue weighted by Gasteiger charge is -2.27. The molecule has 1 atom stereocenters. The molecule has 1 unspecified atom stereocenters. The van der Waals surface area contributed by atoms with E-state index in [2.05, 4.69) is 10.6 Å². The highest BCUT2D eigenvalue weighted by Gasteiger charge is 2.44. The molecule has 1 aromatic rings. The van der Waals surface area contributed by atoms with Gasteiger partial charge in [-0.1, -0.05) is 0 Å². The molecule has 2 aliphatic heterocycles. The van der Waals surface area contributed by atoms with Crippen molar-refractivity contribution in [1.29, 1.82) is 0 Å². The maximum absolute atomic E-state index is 12.9. The number of ether oxygens (including phenoxy) is 4. The van der Waals surface area contributed by atoms with Crippen LogP contribution >= 0.6 is 0 Å². The first-order valence-corrected chi connectivity index (χ1v) is 12.5. The molecular formula is C25H31N3O11. The average Bonchev–Trinajstić information content (AvgIpc) is 3.15. The van der Waals surface area contributed by atoms with Crippen LogP contribution < -0.4 is 10.6 Å². The molecule has 0 aromatic heterocycles. The molecular weight excluding hydrogens is 518 g/mol. The van der Waals surface area contributed by atoms with E-state index in [1.165, 1.54) is 18.2 Å². The third kappa shape index (κ3) is 8.64. The van der Waals surface area contributed by atoms with Gasteiger partial charge < -0.3 is 29.4 Å². The smallest absolute Gasteiger partial charge is 0.305 e. The number of carbonyl (C=O) groups is 6. The standard InChI is InChI=1S/C25H31N3O11/c29-20-4-3-19(23(33)27-20)28-24(34)17-2-1-16(15-18(17)25(28)35)22(32)26-6-8-37-10-12-39-14-13-38-11-9-36-7-5-21(30)31/h1-2,15,19H,3-14H2,(H,26,32)(H,30,31)(H,27,29,33). The molecule has 1 aromatic carbocycles. The number of amides is 5. The van der Waals surface area contributed by atoms with E-state index >= 15 is 0 Å². The topological polar surface area (TPSA) is 187 Å². The Hall–Kier alpha value is -3.72. The molecule has 212 valence electrons. The van der Waals surface area contributed by atoms with Gasteiger partial charge in [0.15, 0.2) is 0 Å². The Morgan fingerprint density at radius 2 is 1.46 bits per heavy atom. The molecule has 0 saturated carbocycles. The quantitative estimate of drug-likeness (QED) is 0.166. The lowest BCUT2D eigenvalue weighted by atomic mass is 10.0. The van der Waals surface area contributed by atoms with Crippen molar-refractivity contribution in [2.45, 2.75) is 25.3 Å². The Bertz CT molecular complexity index is 1090. The fourth-order valence-corrected chi connectivity index (χ4v) is 3.87. The van der Waals surface area contributed by atoms with Crippen molar-refractivity contribution in [2.24, 2.45) is 0 Å². The van der Waals surface area contributed by atoms with Crippen molar-refractivity contribution in [3.8, 4) is 0 Å². The third-order valence-electron chi connectivity index (χ3n) is 5.81. The van der Waals surface area contributed by atoms with Crippen LogP contribution in [0, 0.1) is 0 Å². The number of carboxylic acid groups (broad SMARTS) is 1. The van der Waals surface area contributed by atoms with Crippen LogP contribution in [-0.2, 0) is 33.3 Å². The van der Waals surface area contributed by atoms with Crippen LogP contribution in [0.4, 0.5) is 0 Å². The van der Waals surface area contributed by atoms with Gasteiger partial charge in [0.1, 0.15) is 6.04 Å². The lowest BCUT2D eigenvalue weighted by molar-refractivity contribution is -0.138. The lowest BCUT2D eigenvalue weighted by Crippen LogP contribution is -2.54. The highest BCUT2D eigenvalue weighted by atomic mass is 16.6. The van der Waals surface area contributed by atoms with E-state index in [0.29, 0.717) is 39.6 Å². The number of hydrogen-bond donors (Lipinski definition) is 3. The second kappa shape index (κ2) is 15.0. The van der Waals surface area contributed by atoms with Gasteiger partial charge in [0, 0.05) is 18.5 Å². The summed E-state index contributed by atoms with van der Waals surface area (Å²) in [6, 6.07) is 3.04. The largest absolute Gasteiger partial charge is 0.481 e. The van der Waals surface area contributed by atoms with Gasteiger partial charge in [-0.15, -0.1) is 0 Å². The molecule has 39 heavy (non-hydrogen) atoms. The molecule has 2 aliphatic rings. The number of benzene rings is 1. The number of imide groups is 2. The number of carboxylic acids is 1. The van der Waals surface area contributed by atoms with Crippen LogP contribution in [0.2, 0.25) is 0 Å². The minimum absolute atomic E-state index is 0.0226. The van der Waals surface area contributed by atoms with Crippen molar-refractivity contribution >= 4 is 35.5 Å². The van der Waals surface area contributed by atoms with Crippen LogP contribution in [-0.4, -0.2) is 111 Å². The second-order valence-electron chi connectivity index (χ2n) is 8.56. The molecule has 14 nitrogen and oxygen atoms in total. The summed E-state index contributed by atoms with van der Waals surface area (Å²) in [4.78, 5) is 72.8. The molecule has 2 heterocycles. The summed E-state index contributed by atoms with van der Waals surface area (Å²) in [6.45, 7) is 2.58. The monoisotopic (exact) mass is 549 g/mol. The molecule has 3 N–H and O–H groups in total. The van der Waals surface area contributed by atoms with Crippen LogP contribution in [0.3, 0.4) is 0 Å². The number of fused-ring (bicyclic) bond motifs is 1. The SMILES string of the molecule is O=C(O)CCOCCOCCOCCOCCNC(=O)c1ccc2c(c1)C(=O)N(C1CCC(=O)NC1=O)C2=O. The Labute approximate surface area is 223 Å². The summed E-state index contributed by atoms with van der Waals surface area (Å²) in [5.74, 6) is -3.84. The Kier molecular flexibility index (Phi) is 11.5. The summed E-state index contributed by atoms with van der Waals surface area (Å²) in [5.41, 5.74) is 0.301. The Morgan fingerprint density at radius 3 is 2.08 bits per heavy atom. The van der Waals surface area contributed by atoms with Gasteiger partial charge in [-0.25, -0.2) is 0 Å². The fourth-order valence-electron chi connectivity index (χ4n) is 3.87. The Balaban J connectivity index is 1.29. The van der Waals surface area contributed by atoms with Gasteiger partial charge >= 0.3 is 5.97 Å². The number of piperidine rings is 1. The average molecular weight is 550 g/mol. The molecule has 5 amide bonds. The van der Waals surface area contributed by atoms with E-state index in [-0.39, 0.29) is 55.7 Å². The van der Waals surface area contributed by atoms with Crippen molar-refractivity contribution in [2.75, 3.05) is 59.4 Å². The van der Waals surface area contributed by atoms with Crippen LogP contribution in [0.5, 0.6) is 0 Å². The third-order valence-corrected chi connectivity index (χ3v) is 5.81. The minimum Gasteiger partial charge on any atom is -0.481 e. The highest BCUT2D eigenvalue weighted by Crippen LogP contribution is 2.28. The molecule has 0 aliphatic carbocycles. The van der Waals surface area contributed by atoms with Gasteiger partial charge in [-0.3, -0.25) is 39.0 Å². The Morgan fingerprint density at radius 1 is 0.872 bits per heavy atom. The minimum atomic E-state index is -1.07. The number of hydrogen-bond acceptors (Lipinski definition) is 10. The number of carbonyl (C=O) groups excluding carboxylic acids is 5. The first kappa shape index (κ1) is 29.8. The predicted octanol–water partition coefficient (Wildman–Crippen LogP) is -0.641. The number of aliphatic carboxylic acids is 1. The maximum atomic E-state index is 12.9. The zero-order valence-electron chi connectivity index (χ0n) is 21.3. The predicted molar refractivity (Wildman–Crippen MR) is 131 cm³/mol. The fraction of sp³-hybridized carbons (Fsp3) is 0.520. The molecule has 1 saturated heterocycles. The highest BCUT2D eigenvalue weighted by molar-refractivity contribution is 6.24.